The van der Waals surface area contributed by atoms with Crippen LogP contribution in [0.2, 0.25) is 0 Å². The lowest BCUT2D eigenvalue weighted by molar-refractivity contribution is -0.120. The molecule has 1 heterocycles. The Morgan fingerprint density at radius 2 is 2.09 bits per heavy atom. The van der Waals surface area contributed by atoms with E-state index in [-0.39, 0.29) is 11.9 Å². The van der Waals surface area contributed by atoms with E-state index >= 15 is 0 Å². The highest BCUT2D eigenvalue weighted by Crippen LogP contribution is 2.25. The van der Waals surface area contributed by atoms with Crippen LogP contribution < -0.4 is 10.1 Å². The van der Waals surface area contributed by atoms with Gasteiger partial charge in [-0.15, -0.1) is 11.3 Å². The summed E-state index contributed by atoms with van der Waals surface area (Å²) < 4.78 is 6.35. The number of methoxy groups -OCH3 is 1. The summed E-state index contributed by atoms with van der Waals surface area (Å²) in [6.07, 6.45) is 0. The van der Waals surface area contributed by atoms with Crippen LogP contribution in [0.3, 0.4) is 0 Å². The third-order valence-corrected chi connectivity index (χ3v) is 5.05. The molecule has 1 aromatic heterocycles. The van der Waals surface area contributed by atoms with E-state index in [0.29, 0.717) is 11.4 Å². The van der Waals surface area contributed by atoms with Crippen molar-refractivity contribution in [3.05, 3.63) is 45.1 Å². The second-order valence-electron chi connectivity index (χ2n) is 4.99. The molecule has 4 nitrogen and oxygen atoms in total. The first-order chi connectivity index (χ1) is 10.5. The zero-order valence-corrected chi connectivity index (χ0v) is 15.2. The van der Waals surface area contributed by atoms with E-state index in [1.165, 1.54) is 4.88 Å². The maximum Gasteiger partial charge on any atom is 0.241 e. The van der Waals surface area contributed by atoms with Crippen molar-refractivity contribution in [2.24, 2.45) is 0 Å². The van der Waals surface area contributed by atoms with Crippen molar-refractivity contribution in [1.82, 2.24) is 4.90 Å². The van der Waals surface area contributed by atoms with Crippen LogP contribution in [0.25, 0.3) is 0 Å². The molecule has 2 rings (SSSR count). The maximum absolute atomic E-state index is 12.4. The SMILES string of the molecule is COc1ccccc1NC(=O)[C@@H](C)N(C)Cc1ccc(Br)s1. The van der Waals surface area contributed by atoms with E-state index in [0.717, 1.165) is 10.3 Å². The Balaban J connectivity index is 1.99. The molecule has 1 aromatic carbocycles. The molecule has 1 atom stereocenters. The Morgan fingerprint density at radius 3 is 2.73 bits per heavy atom. The molecule has 0 aliphatic heterocycles. The normalized spacial score (nSPS) is 12.2. The van der Waals surface area contributed by atoms with E-state index in [1.807, 2.05) is 49.2 Å². The minimum absolute atomic E-state index is 0.0531. The molecule has 0 saturated carbocycles. The number of hydrogen-bond donors (Lipinski definition) is 1. The molecule has 1 N–H and O–H groups in total. The average Bonchev–Trinajstić information content (AvgIpc) is 2.92. The number of carbonyl (C=O) groups is 1. The van der Waals surface area contributed by atoms with Gasteiger partial charge in [-0.2, -0.15) is 0 Å². The Hall–Kier alpha value is -1.37. The van der Waals surface area contributed by atoms with Gasteiger partial charge in [0.05, 0.1) is 22.6 Å². The van der Waals surface area contributed by atoms with Gasteiger partial charge in [0, 0.05) is 11.4 Å². The van der Waals surface area contributed by atoms with Crippen molar-refractivity contribution >= 4 is 38.9 Å². The first-order valence-electron chi connectivity index (χ1n) is 6.89. The average molecular weight is 383 g/mol. The standard InChI is InChI=1S/C16H19BrN2O2S/c1-11(19(2)10-12-8-9-15(17)22-12)16(20)18-13-6-4-5-7-14(13)21-3/h4-9,11H,10H2,1-3H3,(H,18,20)/t11-/m1/s1. The van der Waals surface area contributed by atoms with E-state index in [1.54, 1.807) is 18.4 Å². The number of nitrogens with one attached hydrogen (secondary N) is 1. The lowest BCUT2D eigenvalue weighted by Gasteiger charge is -2.23. The maximum atomic E-state index is 12.4. The Labute approximate surface area is 143 Å². The third kappa shape index (κ3) is 4.32. The smallest absolute Gasteiger partial charge is 0.241 e. The number of benzene rings is 1. The summed E-state index contributed by atoms with van der Waals surface area (Å²) in [5.74, 6) is 0.607. The van der Waals surface area contributed by atoms with Crippen LogP contribution in [0.4, 0.5) is 5.69 Å². The molecule has 0 aliphatic rings. The van der Waals surface area contributed by atoms with Crippen molar-refractivity contribution in [2.75, 3.05) is 19.5 Å². The van der Waals surface area contributed by atoms with Crippen LogP contribution in [-0.4, -0.2) is 31.0 Å². The zero-order chi connectivity index (χ0) is 16.1. The quantitative estimate of drug-likeness (QED) is 0.821. The van der Waals surface area contributed by atoms with Gasteiger partial charge in [0.2, 0.25) is 5.91 Å². The van der Waals surface area contributed by atoms with Crippen molar-refractivity contribution in [3.63, 3.8) is 0 Å². The molecule has 118 valence electrons. The fraction of sp³-hybridized carbons (Fsp3) is 0.312. The summed E-state index contributed by atoms with van der Waals surface area (Å²) in [4.78, 5) is 15.6. The number of ether oxygens (including phenoxy) is 1. The summed E-state index contributed by atoms with van der Waals surface area (Å²) >= 11 is 5.13. The molecule has 0 saturated heterocycles. The zero-order valence-electron chi connectivity index (χ0n) is 12.8. The van der Waals surface area contributed by atoms with E-state index in [2.05, 4.69) is 27.3 Å². The summed E-state index contributed by atoms with van der Waals surface area (Å²) in [7, 11) is 3.54. The van der Waals surface area contributed by atoms with Crippen LogP contribution in [0, 0.1) is 0 Å². The molecule has 6 heteroatoms. The summed E-state index contributed by atoms with van der Waals surface area (Å²) in [5, 5.41) is 2.92. The van der Waals surface area contributed by atoms with Gasteiger partial charge in [-0.25, -0.2) is 0 Å². The molecule has 0 spiro atoms. The van der Waals surface area contributed by atoms with E-state index in [9.17, 15) is 4.79 Å². The molecule has 0 radical (unpaired) electrons. The van der Waals surface area contributed by atoms with Gasteiger partial charge < -0.3 is 10.1 Å². The molecule has 1 amide bonds. The number of carbonyl (C=O) groups excluding carboxylic acids is 1. The highest BCUT2D eigenvalue weighted by Gasteiger charge is 2.19. The number of nitrogens with zero attached hydrogens (tertiary/aromatic N) is 1. The van der Waals surface area contributed by atoms with E-state index < -0.39 is 0 Å². The van der Waals surface area contributed by atoms with E-state index in [4.69, 9.17) is 4.74 Å². The van der Waals surface area contributed by atoms with Crippen LogP contribution in [0.1, 0.15) is 11.8 Å². The number of halogens is 1. The number of amides is 1. The molecule has 22 heavy (non-hydrogen) atoms. The minimum atomic E-state index is -0.245. The van der Waals surface area contributed by atoms with Crippen LogP contribution >= 0.6 is 27.3 Å². The molecule has 2 aromatic rings. The molecule has 0 fully saturated rings. The summed E-state index contributed by atoms with van der Waals surface area (Å²) in [5.41, 5.74) is 0.689. The summed E-state index contributed by atoms with van der Waals surface area (Å²) in [6.45, 7) is 2.63. The van der Waals surface area contributed by atoms with Crippen LogP contribution in [-0.2, 0) is 11.3 Å². The van der Waals surface area contributed by atoms with Gasteiger partial charge in [0.1, 0.15) is 5.75 Å². The predicted octanol–water partition coefficient (Wildman–Crippen LogP) is 3.98. The predicted molar refractivity (Wildman–Crippen MR) is 94.6 cm³/mol. The van der Waals surface area contributed by atoms with Gasteiger partial charge in [-0.05, 0) is 54.2 Å². The Kier molecular flexibility index (Phi) is 5.99. The van der Waals surface area contributed by atoms with Gasteiger partial charge in [-0.1, -0.05) is 12.1 Å². The Morgan fingerprint density at radius 1 is 1.36 bits per heavy atom. The highest BCUT2D eigenvalue weighted by atomic mass is 79.9. The molecule has 0 bridgehead atoms. The van der Waals surface area contributed by atoms with Gasteiger partial charge in [0.15, 0.2) is 0 Å². The summed E-state index contributed by atoms with van der Waals surface area (Å²) in [6, 6.07) is 11.2. The second kappa shape index (κ2) is 7.76. The topological polar surface area (TPSA) is 41.6 Å². The van der Waals surface area contributed by atoms with Crippen molar-refractivity contribution < 1.29 is 9.53 Å². The molecule has 0 aliphatic carbocycles. The minimum Gasteiger partial charge on any atom is -0.495 e. The fourth-order valence-corrected chi connectivity index (χ4v) is 3.55. The first-order valence-corrected chi connectivity index (χ1v) is 8.50. The fourth-order valence-electron chi connectivity index (χ4n) is 2.00. The number of likely N-dealkylation sites (N-methyl/N-ethyl adjacent to an activating group) is 1. The largest absolute Gasteiger partial charge is 0.495 e. The van der Waals surface area contributed by atoms with Crippen LogP contribution in [0.15, 0.2) is 40.2 Å². The third-order valence-electron chi connectivity index (χ3n) is 3.44. The molecular formula is C16H19BrN2O2S. The molecule has 0 unspecified atom stereocenters. The van der Waals surface area contributed by atoms with Gasteiger partial charge >= 0.3 is 0 Å². The number of rotatable bonds is 6. The van der Waals surface area contributed by atoms with Crippen molar-refractivity contribution in [2.45, 2.75) is 19.5 Å². The van der Waals surface area contributed by atoms with Crippen molar-refractivity contribution in [1.29, 1.82) is 0 Å². The number of hydrogen-bond acceptors (Lipinski definition) is 4. The van der Waals surface area contributed by atoms with Gasteiger partial charge in [0.25, 0.3) is 0 Å². The Bertz CT molecular complexity index is 645. The lowest BCUT2D eigenvalue weighted by Crippen LogP contribution is -2.39. The second-order valence-corrected chi connectivity index (χ2v) is 7.53. The highest BCUT2D eigenvalue weighted by molar-refractivity contribution is 9.11. The number of thiophene rings is 1. The van der Waals surface area contributed by atoms with Gasteiger partial charge in [-0.3, -0.25) is 9.69 Å². The number of para-hydroxylation sites is 2. The monoisotopic (exact) mass is 382 g/mol. The lowest BCUT2D eigenvalue weighted by atomic mass is 10.2. The first kappa shape index (κ1) is 17.0. The van der Waals surface area contributed by atoms with Crippen LogP contribution in [0.5, 0.6) is 5.75 Å². The molecular weight excluding hydrogens is 364 g/mol. The van der Waals surface area contributed by atoms with Crippen molar-refractivity contribution in [3.8, 4) is 5.75 Å². The number of anilines is 1.